The molecule has 150 valence electrons. The summed E-state index contributed by atoms with van der Waals surface area (Å²) in [4.78, 5) is 38.0. The molecular formula is C23H24N2O4. The summed E-state index contributed by atoms with van der Waals surface area (Å²) in [5, 5.41) is 2.86. The van der Waals surface area contributed by atoms with Crippen molar-refractivity contribution in [3.05, 3.63) is 65.7 Å². The standard InChI is InChI=1S/C23H24N2O4/c1-3-29-22(27)13-8-17-6-9-19(10-7-17)24-23(28)18-14-21(26)25(15-18)20-11-4-16(2)5-12-20/h4-13,18H,3,14-15H2,1-2H3,(H,24,28)/b13-8+. The van der Waals surface area contributed by atoms with E-state index in [9.17, 15) is 14.4 Å². The van der Waals surface area contributed by atoms with Crippen LogP contribution in [-0.2, 0) is 19.1 Å². The first-order valence-electron chi connectivity index (χ1n) is 9.59. The summed E-state index contributed by atoms with van der Waals surface area (Å²) < 4.78 is 4.84. The van der Waals surface area contributed by atoms with Gasteiger partial charge in [-0.15, -0.1) is 0 Å². The molecule has 2 aromatic rings. The van der Waals surface area contributed by atoms with Crippen LogP contribution in [0.25, 0.3) is 6.08 Å². The zero-order chi connectivity index (χ0) is 20.8. The van der Waals surface area contributed by atoms with Crippen molar-refractivity contribution in [1.82, 2.24) is 0 Å². The van der Waals surface area contributed by atoms with Gasteiger partial charge in [0, 0.05) is 30.4 Å². The molecule has 1 aliphatic rings. The summed E-state index contributed by atoms with van der Waals surface area (Å²) in [5.41, 5.74) is 3.39. The van der Waals surface area contributed by atoms with Crippen LogP contribution in [0.4, 0.5) is 11.4 Å². The highest BCUT2D eigenvalue weighted by Gasteiger charge is 2.35. The van der Waals surface area contributed by atoms with E-state index in [1.807, 2.05) is 31.2 Å². The number of amides is 2. The molecule has 1 saturated heterocycles. The molecule has 29 heavy (non-hydrogen) atoms. The van der Waals surface area contributed by atoms with E-state index in [4.69, 9.17) is 4.74 Å². The van der Waals surface area contributed by atoms with E-state index < -0.39 is 11.9 Å². The molecule has 2 aromatic carbocycles. The molecule has 0 spiro atoms. The number of esters is 1. The quantitative estimate of drug-likeness (QED) is 0.602. The smallest absolute Gasteiger partial charge is 0.330 e. The number of carbonyl (C=O) groups excluding carboxylic acids is 3. The number of anilines is 2. The lowest BCUT2D eigenvalue weighted by molar-refractivity contribution is -0.137. The third kappa shape index (κ3) is 5.31. The van der Waals surface area contributed by atoms with Gasteiger partial charge < -0.3 is 15.0 Å². The molecule has 0 bridgehead atoms. The van der Waals surface area contributed by atoms with Gasteiger partial charge in [0.25, 0.3) is 0 Å². The van der Waals surface area contributed by atoms with Gasteiger partial charge in [-0.05, 0) is 49.8 Å². The molecule has 2 amide bonds. The molecule has 1 atom stereocenters. The first kappa shape index (κ1) is 20.3. The van der Waals surface area contributed by atoms with Crippen LogP contribution in [0.3, 0.4) is 0 Å². The van der Waals surface area contributed by atoms with Gasteiger partial charge in [-0.25, -0.2) is 4.79 Å². The van der Waals surface area contributed by atoms with Gasteiger partial charge in [0.2, 0.25) is 11.8 Å². The van der Waals surface area contributed by atoms with Crippen LogP contribution in [0, 0.1) is 12.8 Å². The Hall–Kier alpha value is -3.41. The van der Waals surface area contributed by atoms with Gasteiger partial charge in [-0.1, -0.05) is 29.8 Å². The Kier molecular flexibility index (Phi) is 6.44. The molecule has 0 radical (unpaired) electrons. The minimum atomic E-state index is -0.396. The van der Waals surface area contributed by atoms with Crippen molar-refractivity contribution in [3.8, 4) is 0 Å². The maximum Gasteiger partial charge on any atom is 0.330 e. The lowest BCUT2D eigenvalue weighted by Crippen LogP contribution is -2.28. The van der Waals surface area contributed by atoms with Gasteiger partial charge >= 0.3 is 5.97 Å². The van der Waals surface area contributed by atoms with Crippen LogP contribution >= 0.6 is 0 Å². The number of hydrogen-bond donors (Lipinski definition) is 1. The summed E-state index contributed by atoms with van der Waals surface area (Å²) in [6, 6.07) is 14.8. The zero-order valence-corrected chi connectivity index (χ0v) is 16.6. The number of carbonyl (C=O) groups is 3. The summed E-state index contributed by atoms with van der Waals surface area (Å²) in [7, 11) is 0. The van der Waals surface area contributed by atoms with Gasteiger partial charge in [0.05, 0.1) is 12.5 Å². The maximum absolute atomic E-state index is 12.6. The van der Waals surface area contributed by atoms with Crippen LogP contribution in [-0.4, -0.2) is 30.9 Å². The second kappa shape index (κ2) is 9.19. The Labute approximate surface area is 170 Å². The van der Waals surface area contributed by atoms with Crippen LogP contribution in [0.2, 0.25) is 0 Å². The second-order valence-electron chi connectivity index (χ2n) is 6.94. The molecule has 0 aliphatic carbocycles. The van der Waals surface area contributed by atoms with Crippen molar-refractivity contribution in [1.29, 1.82) is 0 Å². The van der Waals surface area contributed by atoms with Crippen LogP contribution in [0.15, 0.2) is 54.6 Å². The van der Waals surface area contributed by atoms with E-state index in [0.29, 0.717) is 18.8 Å². The largest absolute Gasteiger partial charge is 0.463 e. The Morgan fingerprint density at radius 3 is 2.48 bits per heavy atom. The van der Waals surface area contributed by atoms with Gasteiger partial charge in [-0.3, -0.25) is 9.59 Å². The highest BCUT2D eigenvalue weighted by molar-refractivity contribution is 6.03. The molecule has 1 aliphatic heterocycles. The molecular weight excluding hydrogens is 368 g/mol. The van der Waals surface area contributed by atoms with Crippen molar-refractivity contribution >= 4 is 35.2 Å². The summed E-state index contributed by atoms with van der Waals surface area (Å²) in [6.45, 7) is 4.44. The minimum absolute atomic E-state index is 0.0477. The molecule has 0 saturated carbocycles. The first-order chi connectivity index (χ1) is 14.0. The maximum atomic E-state index is 12.6. The number of hydrogen-bond acceptors (Lipinski definition) is 4. The number of nitrogens with one attached hydrogen (secondary N) is 1. The molecule has 1 unspecified atom stereocenters. The SMILES string of the molecule is CCOC(=O)/C=C/c1ccc(NC(=O)C2CC(=O)N(c3ccc(C)cc3)C2)cc1. The third-order valence-electron chi connectivity index (χ3n) is 4.72. The normalized spacial score (nSPS) is 16.3. The minimum Gasteiger partial charge on any atom is -0.463 e. The van der Waals surface area contributed by atoms with E-state index in [1.54, 1.807) is 42.2 Å². The lowest BCUT2D eigenvalue weighted by atomic mass is 10.1. The van der Waals surface area contributed by atoms with E-state index >= 15 is 0 Å². The Morgan fingerprint density at radius 2 is 1.83 bits per heavy atom. The third-order valence-corrected chi connectivity index (χ3v) is 4.72. The monoisotopic (exact) mass is 392 g/mol. The highest BCUT2D eigenvalue weighted by atomic mass is 16.5. The Morgan fingerprint density at radius 1 is 1.14 bits per heavy atom. The molecule has 6 nitrogen and oxygen atoms in total. The number of ether oxygens (including phenoxy) is 1. The molecule has 0 aromatic heterocycles. The Bertz CT molecular complexity index is 917. The van der Waals surface area contributed by atoms with Gasteiger partial charge in [0.1, 0.15) is 0 Å². The van der Waals surface area contributed by atoms with E-state index in [-0.39, 0.29) is 18.2 Å². The van der Waals surface area contributed by atoms with Crippen molar-refractivity contribution in [2.24, 2.45) is 5.92 Å². The first-order valence-corrected chi connectivity index (χ1v) is 9.59. The zero-order valence-electron chi connectivity index (χ0n) is 16.6. The van der Waals surface area contributed by atoms with Crippen molar-refractivity contribution in [3.63, 3.8) is 0 Å². The molecule has 1 N–H and O–H groups in total. The number of nitrogens with zero attached hydrogens (tertiary/aromatic N) is 1. The summed E-state index contributed by atoms with van der Waals surface area (Å²) >= 11 is 0. The van der Waals surface area contributed by atoms with E-state index in [0.717, 1.165) is 16.8 Å². The van der Waals surface area contributed by atoms with Crippen molar-refractivity contribution < 1.29 is 19.1 Å². The fraction of sp³-hybridized carbons (Fsp3) is 0.261. The number of rotatable bonds is 6. The van der Waals surface area contributed by atoms with Crippen LogP contribution in [0.1, 0.15) is 24.5 Å². The highest BCUT2D eigenvalue weighted by Crippen LogP contribution is 2.26. The molecule has 6 heteroatoms. The van der Waals surface area contributed by atoms with Crippen molar-refractivity contribution in [2.45, 2.75) is 20.3 Å². The predicted molar refractivity (Wildman–Crippen MR) is 112 cm³/mol. The Balaban J connectivity index is 1.58. The summed E-state index contributed by atoms with van der Waals surface area (Å²) in [5.74, 6) is -1.02. The lowest BCUT2D eigenvalue weighted by Gasteiger charge is -2.17. The fourth-order valence-corrected chi connectivity index (χ4v) is 3.13. The molecule has 1 heterocycles. The van der Waals surface area contributed by atoms with Gasteiger partial charge in [0.15, 0.2) is 0 Å². The number of benzene rings is 2. The number of aryl methyl sites for hydroxylation is 1. The molecule has 1 fully saturated rings. The van der Waals surface area contributed by atoms with Crippen molar-refractivity contribution in [2.75, 3.05) is 23.4 Å². The van der Waals surface area contributed by atoms with E-state index in [2.05, 4.69) is 5.32 Å². The van der Waals surface area contributed by atoms with Gasteiger partial charge in [-0.2, -0.15) is 0 Å². The predicted octanol–water partition coefficient (Wildman–Crippen LogP) is 3.56. The van der Waals surface area contributed by atoms with Crippen LogP contribution in [0.5, 0.6) is 0 Å². The van der Waals surface area contributed by atoms with Crippen LogP contribution < -0.4 is 10.2 Å². The average Bonchev–Trinajstić information content (AvgIpc) is 3.10. The summed E-state index contributed by atoms with van der Waals surface area (Å²) in [6.07, 6.45) is 3.21. The second-order valence-corrected chi connectivity index (χ2v) is 6.94. The average molecular weight is 392 g/mol. The van der Waals surface area contributed by atoms with E-state index in [1.165, 1.54) is 6.08 Å². The fourth-order valence-electron chi connectivity index (χ4n) is 3.13. The molecule has 3 rings (SSSR count). The topological polar surface area (TPSA) is 75.7 Å².